The van der Waals surface area contributed by atoms with Crippen molar-refractivity contribution in [2.45, 2.75) is 52.0 Å². The number of hydrogen-bond donors (Lipinski definition) is 1. The summed E-state index contributed by atoms with van der Waals surface area (Å²) in [6, 6.07) is 0. The second-order valence-electron chi connectivity index (χ2n) is 4.91. The molecule has 1 fully saturated rings. The Morgan fingerprint density at radius 1 is 1.26 bits per heavy atom. The largest absolute Gasteiger partial charge is 0.360 e. The molecule has 1 aliphatic heterocycles. The Morgan fingerprint density at radius 2 is 2.11 bits per heavy atom. The second-order valence-corrected chi connectivity index (χ2v) is 5.97. The molecule has 2 rings (SSSR count). The van der Waals surface area contributed by atoms with Gasteiger partial charge in [-0.05, 0) is 19.3 Å². The van der Waals surface area contributed by atoms with Gasteiger partial charge in [-0.3, -0.25) is 4.79 Å². The van der Waals surface area contributed by atoms with E-state index in [1.807, 2.05) is 4.90 Å². The van der Waals surface area contributed by atoms with E-state index in [-0.39, 0.29) is 5.91 Å². The summed E-state index contributed by atoms with van der Waals surface area (Å²) in [5.74, 6) is 0.262. The van der Waals surface area contributed by atoms with Crippen molar-refractivity contribution in [3.05, 3.63) is 5.01 Å². The maximum atomic E-state index is 12.0. The first kappa shape index (κ1) is 14.2. The molecule has 1 aromatic rings. The third-order valence-electron chi connectivity index (χ3n) is 3.24. The molecule has 0 radical (unpaired) electrons. The zero-order valence-electron chi connectivity index (χ0n) is 11.5. The van der Waals surface area contributed by atoms with Gasteiger partial charge in [-0.15, -0.1) is 10.2 Å². The average Bonchev–Trinajstić information content (AvgIpc) is 2.84. The van der Waals surface area contributed by atoms with Gasteiger partial charge in [0.05, 0.1) is 6.54 Å². The Kier molecular flexibility index (Phi) is 5.57. The first-order chi connectivity index (χ1) is 9.29. The van der Waals surface area contributed by atoms with Crippen LogP contribution in [0.3, 0.4) is 0 Å². The minimum absolute atomic E-state index is 0.262. The lowest BCUT2D eigenvalue weighted by Gasteiger charge is -2.23. The van der Waals surface area contributed by atoms with E-state index >= 15 is 0 Å². The maximum Gasteiger partial charge on any atom is 0.222 e. The Labute approximate surface area is 118 Å². The highest BCUT2D eigenvalue weighted by Gasteiger charge is 2.17. The van der Waals surface area contributed by atoms with Gasteiger partial charge in [-0.2, -0.15) is 0 Å². The molecule has 0 saturated carbocycles. The monoisotopic (exact) mass is 282 g/mol. The second kappa shape index (κ2) is 7.43. The van der Waals surface area contributed by atoms with Crippen molar-refractivity contribution in [1.82, 2.24) is 15.1 Å². The van der Waals surface area contributed by atoms with Crippen molar-refractivity contribution >= 4 is 22.4 Å². The standard InChI is InChI=1S/C13H22N4OS/c1-2-8-14-13-16-15-11(19-13)10-17-9-6-4-3-5-7-12(17)18/h2-10H2,1H3,(H,14,16). The third kappa shape index (κ3) is 4.45. The fourth-order valence-corrected chi connectivity index (χ4v) is 2.95. The van der Waals surface area contributed by atoms with Crippen molar-refractivity contribution in [2.24, 2.45) is 0 Å². The normalized spacial score (nSPS) is 17.1. The molecule has 1 aliphatic rings. The fourth-order valence-electron chi connectivity index (χ4n) is 2.17. The van der Waals surface area contributed by atoms with Gasteiger partial charge >= 0.3 is 0 Å². The van der Waals surface area contributed by atoms with Crippen LogP contribution in [0.2, 0.25) is 0 Å². The number of carbonyl (C=O) groups is 1. The highest BCUT2D eigenvalue weighted by molar-refractivity contribution is 7.15. The van der Waals surface area contributed by atoms with E-state index in [0.717, 1.165) is 42.5 Å². The zero-order chi connectivity index (χ0) is 13.5. The predicted octanol–water partition coefficient (Wildman–Crippen LogP) is 2.65. The van der Waals surface area contributed by atoms with Gasteiger partial charge < -0.3 is 10.2 Å². The fraction of sp³-hybridized carbons (Fsp3) is 0.769. The van der Waals surface area contributed by atoms with E-state index in [0.29, 0.717) is 13.0 Å². The van der Waals surface area contributed by atoms with Crippen LogP contribution >= 0.6 is 11.3 Å². The molecule has 1 saturated heterocycles. The van der Waals surface area contributed by atoms with E-state index in [1.165, 1.54) is 12.8 Å². The number of carbonyl (C=O) groups excluding carboxylic acids is 1. The minimum atomic E-state index is 0.262. The molecular formula is C13H22N4OS. The summed E-state index contributed by atoms with van der Waals surface area (Å²) >= 11 is 1.55. The Morgan fingerprint density at radius 3 is 2.95 bits per heavy atom. The van der Waals surface area contributed by atoms with Gasteiger partial charge in [0.2, 0.25) is 11.0 Å². The lowest BCUT2D eigenvalue weighted by atomic mass is 10.1. The lowest BCUT2D eigenvalue weighted by Crippen LogP contribution is -2.32. The summed E-state index contributed by atoms with van der Waals surface area (Å²) in [5, 5.41) is 13.3. The summed E-state index contributed by atoms with van der Waals surface area (Å²) in [4.78, 5) is 14.0. The highest BCUT2D eigenvalue weighted by atomic mass is 32.1. The molecule has 0 aliphatic carbocycles. The van der Waals surface area contributed by atoms with Gasteiger partial charge in [0.1, 0.15) is 5.01 Å². The Hall–Kier alpha value is -1.17. The van der Waals surface area contributed by atoms with Crippen LogP contribution in [0.5, 0.6) is 0 Å². The lowest BCUT2D eigenvalue weighted by molar-refractivity contribution is -0.132. The molecule has 5 nitrogen and oxygen atoms in total. The molecule has 19 heavy (non-hydrogen) atoms. The Balaban J connectivity index is 1.90. The number of aromatic nitrogens is 2. The summed E-state index contributed by atoms with van der Waals surface area (Å²) < 4.78 is 0. The summed E-state index contributed by atoms with van der Waals surface area (Å²) in [5.41, 5.74) is 0. The molecule has 1 aromatic heterocycles. The molecule has 106 valence electrons. The van der Waals surface area contributed by atoms with Crippen molar-refractivity contribution in [3.63, 3.8) is 0 Å². The van der Waals surface area contributed by atoms with Crippen LogP contribution in [0.1, 0.15) is 50.5 Å². The smallest absolute Gasteiger partial charge is 0.222 e. The van der Waals surface area contributed by atoms with E-state index in [2.05, 4.69) is 22.4 Å². The number of rotatable bonds is 5. The molecule has 0 atom stereocenters. The third-order valence-corrected chi connectivity index (χ3v) is 4.11. The molecule has 0 unspecified atom stereocenters. The SMILES string of the molecule is CCCNc1nnc(CN2CCCCCCC2=O)s1. The zero-order valence-corrected chi connectivity index (χ0v) is 12.3. The molecular weight excluding hydrogens is 260 g/mol. The van der Waals surface area contributed by atoms with Crippen LogP contribution < -0.4 is 5.32 Å². The van der Waals surface area contributed by atoms with E-state index in [4.69, 9.17) is 0 Å². The topological polar surface area (TPSA) is 58.1 Å². The van der Waals surface area contributed by atoms with Gasteiger partial charge in [0.25, 0.3) is 0 Å². The van der Waals surface area contributed by atoms with Crippen LogP contribution in [-0.2, 0) is 11.3 Å². The van der Waals surface area contributed by atoms with Crippen molar-refractivity contribution < 1.29 is 4.79 Å². The highest BCUT2D eigenvalue weighted by Crippen LogP contribution is 2.19. The summed E-state index contributed by atoms with van der Waals surface area (Å²) in [6.07, 6.45) is 6.28. The number of amides is 1. The quantitative estimate of drug-likeness (QED) is 0.902. The average molecular weight is 282 g/mol. The predicted molar refractivity (Wildman–Crippen MR) is 77.2 cm³/mol. The van der Waals surface area contributed by atoms with Crippen LogP contribution in [0.4, 0.5) is 5.13 Å². The first-order valence-corrected chi connectivity index (χ1v) is 7.95. The first-order valence-electron chi connectivity index (χ1n) is 7.13. The molecule has 2 heterocycles. The van der Waals surface area contributed by atoms with E-state index < -0.39 is 0 Å². The van der Waals surface area contributed by atoms with E-state index in [1.54, 1.807) is 11.3 Å². The van der Waals surface area contributed by atoms with Crippen LogP contribution in [0, 0.1) is 0 Å². The van der Waals surface area contributed by atoms with Crippen LogP contribution in [0.15, 0.2) is 0 Å². The molecule has 0 bridgehead atoms. The molecule has 6 heteroatoms. The number of nitrogens with zero attached hydrogens (tertiary/aromatic N) is 3. The van der Waals surface area contributed by atoms with Gasteiger partial charge in [0, 0.05) is 19.5 Å². The molecule has 1 N–H and O–H groups in total. The number of likely N-dealkylation sites (tertiary alicyclic amines) is 1. The molecule has 0 spiro atoms. The maximum absolute atomic E-state index is 12.0. The number of anilines is 1. The van der Waals surface area contributed by atoms with Crippen molar-refractivity contribution in [1.29, 1.82) is 0 Å². The number of nitrogens with one attached hydrogen (secondary N) is 1. The summed E-state index contributed by atoms with van der Waals surface area (Å²) in [7, 11) is 0. The van der Waals surface area contributed by atoms with Crippen LogP contribution in [-0.4, -0.2) is 34.1 Å². The Bertz CT molecular complexity index is 407. The van der Waals surface area contributed by atoms with Gasteiger partial charge in [-0.25, -0.2) is 0 Å². The van der Waals surface area contributed by atoms with Crippen molar-refractivity contribution in [2.75, 3.05) is 18.4 Å². The molecule has 1 amide bonds. The summed E-state index contributed by atoms with van der Waals surface area (Å²) in [6.45, 7) is 4.51. The van der Waals surface area contributed by atoms with Crippen LogP contribution in [0.25, 0.3) is 0 Å². The van der Waals surface area contributed by atoms with Gasteiger partial charge in [0.15, 0.2) is 0 Å². The van der Waals surface area contributed by atoms with Crippen molar-refractivity contribution in [3.8, 4) is 0 Å². The minimum Gasteiger partial charge on any atom is -0.360 e. The molecule has 0 aromatic carbocycles. The van der Waals surface area contributed by atoms with Gasteiger partial charge in [-0.1, -0.05) is 31.1 Å². The number of hydrogen-bond acceptors (Lipinski definition) is 5. The van der Waals surface area contributed by atoms with E-state index in [9.17, 15) is 4.79 Å².